The number of carboxylic acid groups (broad SMARTS) is 2. The molecule has 152 valence electrons. The van der Waals surface area contributed by atoms with Gasteiger partial charge in [-0.3, -0.25) is 0 Å². The van der Waals surface area contributed by atoms with Gasteiger partial charge in [-0.2, -0.15) is 0 Å². The number of imidazole rings is 1. The molecule has 2 rings (SSSR count). The van der Waals surface area contributed by atoms with Crippen molar-refractivity contribution in [2.24, 2.45) is 5.92 Å². The molecule has 1 N–H and O–H groups in total. The standard InChI is InChI=1S/C19H23Cl2N3O4.2K/c1-11(2)3-16(18(25)26)23-17(19(27)28)7-15-8-22-10-24(15)9-12-4-13(20)6-14(21)5-12;;/h4-6,8,10-11,16-17,23H,3,7,9H2,1-2H3,(H,25,26)(H,27,28);;/q;2*+1/p-2/t16-,17-;;/m0../s1. The van der Waals surface area contributed by atoms with Crippen LogP contribution in [-0.4, -0.2) is 33.6 Å². The molecule has 0 aliphatic carbocycles. The molecule has 0 radical (unpaired) electrons. The normalized spacial score (nSPS) is 12.6. The summed E-state index contributed by atoms with van der Waals surface area (Å²) in [5, 5.41) is 26.5. The van der Waals surface area contributed by atoms with Crippen molar-refractivity contribution in [2.45, 2.75) is 45.3 Å². The minimum absolute atomic E-state index is 0. The van der Waals surface area contributed by atoms with Crippen LogP contribution in [0.25, 0.3) is 0 Å². The molecule has 0 unspecified atom stereocenters. The molecule has 2 atom stereocenters. The van der Waals surface area contributed by atoms with Crippen LogP contribution in [0.15, 0.2) is 30.7 Å². The summed E-state index contributed by atoms with van der Waals surface area (Å²) >= 11 is 12.0. The molecule has 0 aliphatic rings. The Bertz CT molecular complexity index is 829. The summed E-state index contributed by atoms with van der Waals surface area (Å²) in [5.41, 5.74) is 1.42. The predicted octanol–water partition coefficient (Wildman–Crippen LogP) is -5.34. The minimum Gasteiger partial charge on any atom is -0.548 e. The predicted molar refractivity (Wildman–Crippen MR) is 102 cm³/mol. The number of aromatic nitrogens is 2. The van der Waals surface area contributed by atoms with Crippen molar-refractivity contribution in [2.75, 3.05) is 0 Å². The van der Waals surface area contributed by atoms with Gasteiger partial charge in [-0.15, -0.1) is 0 Å². The Morgan fingerprint density at radius 3 is 2.13 bits per heavy atom. The molecule has 0 saturated carbocycles. The van der Waals surface area contributed by atoms with E-state index in [1.165, 1.54) is 6.20 Å². The number of rotatable bonds is 10. The summed E-state index contributed by atoms with van der Waals surface area (Å²) in [4.78, 5) is 27.0. The second-order valence-corrected chi connectivity index (χ2v) is 7.91. The van der Waals surface area contributed by atoms with Crippen molar-refractivity contribution >= 4 is 35.1 Å². The summed E-state index contributed by atoms with van der Waals surface area (Å²) in [6, 6.07) is 2.82. The van der Waals surface area contributed by atoms with E-state index in [2.05, 4.69) is 10.3 Å². The van der Waals surface area contributed by atoms with Crippen molar-refractivity contribution < 1.29 is 123 Å². The molecular formula is C19H21Cl2K2N3O4. The van der Waals surface area contributed by atoms with Crippen molar-refractivity contribution in [1.82, 2.24) is 14.9 Å². The van der Waals surface area contributed by atoms with E-state index >= 15 is 0 Å². The zero-order valence-corrected chi connectivity index (χ0v) is 25.3. The first-order valence-electron chi connectivity index (χ1n) is 8.77. The van der Waals surface area contributed by atoms with E-state index in [0.29, 0.717) is 22.3 Å². The Morgan fingerprint density at radius 2 is 1.63 bits per heavy atom. The third-order valence-electron chi connectivity index (χ3n) is 4.17. The summed E-state index contributed by atoms with van der Waals surface area (Å²) in [6.45, 7) is 4.07. The van der Waals surface area contributed by atoms with Crippen molar-refractivity contribution in [3.05, 3.63) is 52.0 Å². The average molecular weight is 504 g/mol. The Labute approximate surface area is 271 Å². The van der Waals surface area contributed by atoms with Crippen LogP contribution >= 0.6 is 23.2 Å². The maximum absolute atomic E-state index is 11.6. The van der Waals surface area contributed by atoms with Crippen LogP contribution < -0.4 is 118 Å². The summed E-state index contributed by atoms with van der Waals surface area (Å²) in [5.74, 6) is -2.69. The Hall–Kier alpha value is 1.18. The topological polar surface area (TPSA) is 110 Å². The molecule has 1 heterocycles. The SMILES string of the molecule is CC(C)C[C@H](N[C@@H](Cc1cncn1Cc1cc(Cl)cc(Cl)c1)C(=O)[O-])C(=O)[O-].[K+].[K+]. The fraction of sp³-hybridized carbons (Fsp3) is 0.421. The van der Waals surface area contributed by atoms with E-state index in [9.17, 15) is 19.8 Å². The minimum atomic E-state index is -1.39. The average Bonchev–Trinajstić information content (AvgIpc) is 2.98. The van der Waals surface area contributed by atoms with Gasteiger partial charge in [0.25, 0.3) is 0 Å². The molecule has 0 amide bonds. The molecule has 1 aromatic heterocycles. The van der Waals surface area contributed by atoms with Crippen molar-refractivity contribution in [3.63, 3.8) is 0 Å². The van der Waals surface area contributed by atoms with E-state index in [4.69, 9.17) is 23.2 Å². The third kappa shape index (κ3) is 10.4. The molecule has 11 heteroatoms. The Balaban J connectivity index is 0.00000420. The van der Waals surface area contributed by atoms with Crippen LogP contribution in [-0.2, 0) is 22.6 Å². The number of carbonyl (C=O) groups is 2. The number of carboxylic acids is 2. The van der Waals surface area contributed by atoms with Crippen LogP contribution in [0, 0.1) is 5.92 Å². The molecule has 0 fully saturated rings. The zero-order valence-electron chi connectivity index (χ0n) is 17.5. The smallest absolute Gasteiger partial charge is 0.548 e. The number of halogens is 2. The van der Waals surface area contributed by atoms with E-state index in [1.54, 1.807) is 29.1 Å². The van der Waals surface area contributed by atoms with Gasteiger partial charge in [-0.05, 0) is 36.1 Å². The summed E-state index contributed by atoms with van der Waals surface area (Å²) in [6.07, 6.45) is 3.33. The van der Waals surface area contributed by atoms with Gasteiger partial charge in [0, 0.05) is 40.9 Å². The van der Waals surface area contributed by atoms with Crippen LogP contribution in [0.5, 0.6) is 0 Å². The monoisotopic (exact) mass is 503 g/mol. The van der Waals surface area contributed by atoms with Gasteiger partial charge in [-0.25, -0.2) is 4.98 Å². The molecule has 0 saturated heterocycles. The van der Waals surface area contributed by atoms with Gasteiger partial charge in [0.05, 0.1) is 24.3 Å². The van der Waals surface area contributed by atoms with Crippen LogP contribution in [0.3, 0.4) is 0 Å². The van der Waals surface area contributed by atoms with Crippen LogP contribution in [0.4, 0.5) is 0 Å². The van der Waals surface area contributed by atoms with Gasteiger partial charge < -0.3 is 29.7 Å². The second-order valence-electron chi connectivity index (χ2n) is 7.03. The van der Waals surface area contributed by atoms with E-state index in [0.717, 1.165) is 5.56 Å². The first kappa shape index (κ1) is 31.2. The number of hydrogen-bond donors (Lipinski definition) is 1. The van der Waals surface area contributed by atoms with Gasteiger partial charge in [0.15, 0.2) is 0 Å². The molecule has 2 aromatic rings. The van der Waals surface area contributed by atoms with Crippen molar-refractivity contribution in [3.8, 4) is 0 Å². The zero-order chi connectivity index (χ0) is 20.8. The third-order valence-corrected chi connectivity index (χ3v) is 4.60. The largest absolute Gasteiger partial charge is 1.00 e. The summed E-state index contributed by atoms with van der Waals surface area (Å²) < 4.78 is 1.75. The fourth-order valence-electron chi connectivity index (χ4n) is 2.93. The molecule has 0 spiro atoms. The number of aliphatic carboxylic acids is 2. The van der Waals surface area contributed by atoms with Gasteiger partial charge in [0.2, 0.25) is 0 Å². The maximum atomic E-state index is 11.6. The molecule has 7 nitrogen and oxygen atoms in total. The Kier molecular flexibility index (Phi) is 15.8. The van der Waals surface area contributed by atoms with E-state index < -0.39 is 24.0 Å². The van der Waals surface area contributed by atoms with E-state index in [1.807, 2.05) is 13.8 Å². The van der Waals surface area contributed by atoms with Crippen LogP contribution in [0.1, 0.15) is 31.5 Å². The number of nitrogens with one attached hydrogen (secondary N) is 1. The molecule has 30 heavy (non-hydrogen) atoms. The maximum Gasteiger partial charge on any atom is 1.00 e. The first-order valence-corrected chi connectivity index (χ1v) is 9.53. The van der Waals surface area contributed by atoms with Crippen LogP contribution in [0.2, 0.25) is 10.0 Å². The van der Waals surface area contributed by atoms with Crippen molar-refractivity contribution in [1.29, 1.82) is 0 Å². The van der Waals surface area contributed by atoms with Gasteiger partial charge in [-0.1, -0.05) is 37.0 Å². The van der Waals surface area contributed by atoms with Gasteiger partial charge >= 0.3 is 103 Å². The number of benzene rings is 1. The molecule has 0 aliphatic heterocycles. The quantitative estimate of drug-likeness (QED) is 0.324. The Morgan fingerprint density at radius 1 is 1.07 bits per heavy atom. The molecule has 0 bridgehead atoms. The number of hydrogen-bond acceptors (Lipinski definition) is 6. The second kappa shape index (κ2) is 15.2. The summed E-state index contributed by atoms with van der Waals surface area (Å²) in [7, 11) is 0. The number of nitrogens with zero attached hydrogens (tertiary/aromatic N) is 2. The van der Waals surface area contributed by atoms with Gasteiger partial charge in [0.1, 0.15) is 0 Å². The molecular weight excluding hydrogens is 483 g/mol. The molecule has 1 aromatic carbocycles. The first-order chi connectivity index (χ1) is 13.2. The van der Waals surface area contributed by atoms with E-state index in [-0.39, 0.29) is 122 Å². The number of carbonyl (C=O) groups excluding carboxylic acids is 2. The fourth-order valence-corrected chi connectivity index (χ4v) is 3.50.